The molecule has 1 aromatic heterocycles. The SMILES string of the molecule is Cc1cc(Oc2ccccc2)cc2sc(Nc3ccccc3)nc12. The molecule has 24 heavy (non-hydrogen) atoms. The van der Waals surface area contributed by atoms with E-state index >= 15 is 0 Å². The van der Waals surface area contributed by atoms with Gasteiger partial charge in [0.1, 0.15) is 11.5 Å². The van der Waals surface area contributed by atoms with Gasteiger partial charge in [-0.25, -0.2) is 4.98 Å². The van der Waals surface area contributed by atoms with E-state index in [1.165, 1.54) is 0 Å². The largest absolute Gasteiger partial charge is 0.457 e. The molecule has 4 rings (SSSR count). The van der Waals surface area contributed by atoms with E-state index < -0.39 is 0 Å². The molecule has 4 heteroatoms. The van der Waals surface area contributed by atoms with Crippen molar-refractivity contribution in [2.75, 3.05) is 5.32 Å². The Labute approximate surface area is 144 Å². The van der Waals surface area contributed by atoms with Crippen LogP contribution in [0.15, 0.2) is 72.8 Å². The number of thiazole rings is 1. The van der Waals surface area contributed by atoms with Crippen LogP contribution in [0.3, 0.4) is 0 Å². The number of nitrogens with one attached hydrogen (secondary N) is 1. The maximum absolute atomic E-state index is 5.95. The zero-order valence-electron chi connectivity index (χ0n) is 13.2. The Balaban J connectivity index is 1.65. The summed E-state index contributed by atoms with van der Waals surface area (Å²) in [5, 5.41) is 4.24. The molecule has 1 N–H and O–H groups in total. The summed E-state index contributed by atoms with van der Waals surface area (Å²) in [5.74, 6) is 1.67. The molecule has 0 aliphatic rings. The van der Waals surface area contributed by atoms with Crippen LogP contribution < -0.4 is 10.1 Å². The molecule has 0 bridgehead atoms. The number of benzene rings is 3. The molecule has 0 aliphatic heterocycles. The van der Waals surface area contributed by atoms with Crippen LogP contribution >= 0.6 is 11.3 Å². The molecule has 4 aromatic rings. The maximum atomic E-state index is 5.95. The topological polar surface area (TPSA) is 34.1 Å². The van der Waals surface area contributed by atoms with E-state index in [2.05, 4.69) is 12.2 Å². The van der Waals surface area contributed by atoms with Crippen LogP contribution in [0.25, 0.3) is 10.2 Å². The molecule has 0 radical (unpaired) electrons. The lowest BCUT2D eigenvalue weighted by molar-refractivity contribution is 0.483. The number of hydrogen-bond acceptors (Lipinski definition) is 4. The lowest BCUT2D eigenvalue weighted by Gasteiger charge is -2.06. The van der Waals surface area contributed by atoms with E-state index in [0.29, 0.717) is 0 Å². The Kier molecular flexibility index (Phi) is 3.89. The summed E-state index contributed by atoms with van der Waals surface area (Å²) in [6.07, 6.45) is 0. The average molecular weight is 332 g/mol. The first-order valence-corrected chi connectivity index (χ1v) is 8.56. The summed E-state index contributed by atoms with van der Waals surface area (Å²) in [6, 6.07) is 24.0. The van der Waals surface area contributed by atoms with Gasteiger partial charge in [0.15, 0.2) is 5.13 Å². The minimum atomic E-state index is 0.834. The van der Waals surface area contributed by atoms with Gasteiger partial charge in [-0.1, -0.05) is 47.7 Å². The first kappa shape index (κ1) is 14.7. The van der Waals surface area contributed by atoms with Crippen molar-refractivity contribution in [2.45, 2.75) is 6.92 Å². The second kappa shape index (κ2) is 6.34. The predicted molar refractivity (Wildman–Crippen MR) is 101 cm³/mol. The highest BCUT2D eigenvalue weighted by atomic mass is 32.1. The highest BCUT2D eigenvalue weighted by molar-refractivity contribution is 7.22. The number of aryl methyl sites for hydroxylation is 1. The molecule has 3 aromatic carbocycles. The lowest BCUT2D eigenvalue weighted by atomic mass is 10.2. The Hall–Kier alpha value is -2.85. The van der Waals surface area contributed by atoms with E-state index in [1.807, 2.05) is 72.8 Å². The van der Waals surface area contributed by atoms with E-state index in [9.17, 15) is 0 Å². The van der Waals surface area contributed by atoms with Crippen molar-refractivity contribution in [1.29, 1.82) is 0 Å². The number of hydrogen-bond donors (Lipinski definition) is 1. The predicted octanol–water partition coefficient (Wildman–Crippen LogP) is 6.14. The van der Waals surface area contributed by atoms with Gasteiger partial charge in [0.2, 0.25) is 0 Å². The number of ether oxygens (including phenoxy) is 1. The fraction of sp³-hybridized carbons (Fsp3) is 0.0500. The molecule has 0 saturated heterocycles. The van der Waals surface area contributed by atoms with Gasteiger partial charge in [-0.2, -0.15) is 0 Å². The van der Waals surface area contributed by atoms with Crippen molar-refractivity contribution in [3.8, 4) is 11.5 Å². The van der Waals surface area contributed by atoms with Crippen molar-refractivity contribution in [3.63, 3.8) is 0 Å². The van der Waals surface area contributed by atoms with Crippen molar-refractivity contribution < 1.29 is 4.74 Å². The fourth-order valence-electron chi connectivity index (χ4n) is 2.55. The normalized spacial score (nSPS) is 10.7. The Morgan fingerprint density at radius 2 is 1.58 bits per heavy atom. The van der Waals surface area contributed by atoms with Gasteiger partial charge in [0.25, 0.3) is 0 Å². The van der Waals surface area contributed by atoms with Crippen LogP contribution in [0, 0.1) is 6.92 Å². The molecule has 0 saturated carbocycles. The minimum absolute atomic E-state index is 0.834. The van der Waals surface area contributed by atoms with E-state index in [1.54, 1.807) is 11.3 Å². The Bertz CT molecular complexity index is 965. The molecule has 118 valence electrons. The first-order chi connectivity index (χ1) is 11.8. The lowest BCUT2D eigenvalue weighted by Crippen LogP contribution is -1.88. The number of anilines is 2. The zero-order chi connectivity index (χ0) is 16.4. The summed E-state index contributed by atoms with van der Waals surface area (Å²) in [7, 11) is 0. The maximum Gasteiger partial charge on any atom is 0.188 e. The Morgan fingerprint density at radius 1 is 0.875 bits per heavy atom. The van der Waals surface area contributed by atoms with Crippen molar-refractivity contribution in [2.24, 2.45) is 0 Å². The third-order valence-electron chi connectivity index (χ3n) is 3.66. The third-order valence-corrected chi connectivity index (χ3v) is 4.58. The smallest absolute Gasteiger partial charge is 0.188 e. The van der Waals surface area contributed by atoms with Crippen LogP contribution in [-0.2, 0) is 0 Å². The number of para-hydroxylation sites is 2. The van der Waals surface area contributed by atoms with E-state index in [-0.39, 0.29) is 0 Å². The number of rotatable bonds is 4. The molecular weight excluding hydrogens is 316 g/mol. The van der Waals surface area contributed by atoms with Crippen molar-refractivity contribution in [3.05, 3.63) is 78.4 Å². The summed E-state index contributed by atoms with van der Waals surface area (Å²) >= 11 is 1.63. The Morgan fingerprint density at radius 3 is 2.33 bits per heavy atom. The van der Waals surface area contributed by atoms with Gasteiger partial charge in [-0.15, -0.1) is 0 Å². The molecule has 1 heterocycles. The van der Waals surface area contributed by atoms with Crippen LogP contribution in [0.5, 0.6) is 11.5 Å². The monoisotopic (exact) mass is 332 g/mol. The molecule has 0 unspecified atom stereocenters. The summed E-state index contributed by atoms with van der Waals surface area (Å²) in [6.45, 7) is 2.06. The van der Waals surface area contributed by atoms with E-state index in [4.69, 9.17) is 9.72 Å². The standard InChI is InChI=1S/C20H16N2OS/c1-14-12-17(23-16-10-6-3-7-11-16)13-18-19(14)22-20(24-18)21-15-8-4-2-5-9-15/h2-13H,1H3,(H,21,22). The average Bonchev–Trinajstić information content (AvgIpc) is 3.00. The zero-order valence-corrected chi connectivity index (χ0v) is 14.0. The molecule has 0 spiro atoms. The van der Waals surface area contributed by atoms with Gasteiger partial charge in [-0.05, 0) is 42.8 Å². The second-order valence-electron chi connectivity index (χ2n) is 5.51. The summed E-state index contributed by atoms with van der Waals surface area (Å²) < 4.78 is 7.06. The quantitative estimate of drug-likeness (QED) is 0.487. The number of fused-ring (bicyclic) bond motifs is 1. The number of nitrogens with zero attached hydrogens (tertiary/aromatic N) is 1. The number of aromatic nitrogens is 1. The van der Waals surface area contributed by atoms with Crippen molar-refractivity contribution >= 4 is 32.4 Å². The van der Waals surface area contributed by atoms with Crippen LogP contribution in [0.2, 0.25) is 0 Å². The summed E-state index contributed by atoms with van der Waals surface area (Å²) in [4.78, 5) is 4.71. The molecule has 0 fully saturated rings. The van der Waals surface area contributed by atoms with Gasteiger partial charge < -0.3 is 10.1 Å². The minimum Gasteiger partial charge on any atom is -0.457 e. The van der Waals surface area contributed by atoms with Gasteiger partial charge in [-0.3, -0.25) is 0 Å². The van der Waals surface area contributed by atoms with Crippen LogP contribution in [-0.4, -0.2) is 4.98 Å². The summed E-state index contributed by atoms with van der Waals surface area (Å²) in [5.41, 5.74) is 3.16. The van der Waals surface area contributed by atoms with Gasteiger partial charge in [0.05, 0.1) is 10.2 Å². The van der Waals surface area contributed by atoms with Crippen LogP contribution in [0.4, 0.5) is 10.8 Å². The fourth-order valence-corrected chi connectivity index (χ4v) is 3.54. The van der Waals surface area contributed by atoms with Crippen molar-refractivity contribution in [1.82, 2.24) is 4.98 Å². The van der Waals surface area contributed by atoms with E-state index in [0.717, 1.165) is 38.1 Å². The van der Waals surface area contributed by atoms with Gasteiger partial charge >= 0.3 is 0 Å². The molecule has 3 nitrogen and oxygen atoms in total. The molecular formula is C20H16N2OS. The highest BCUT2D eigenvalue weighted by Crippen LogP contribution is 2.34. The van der Waals surface area contributed by atoms with Gasteiger partial charge in [0, 0.05) is 11.8 Å². The highest BCUT2D eigenvalue weighted by Gasteiger charge is 2.09. The first-order valence-electron chi connectivity index (χ1n) is 7.74. The molecule has 0 aliphatic carbocycles. The second-order valence-corrected chi connectivity index (χ2v) is 6.54. The third kappa shape index (κ3) is 3.09. The molecule has 0 atom stereocenters. The molecule has 0 amide bonds. The van der Waals surface area contributed by atoms with Crippen LogP contribution in [0.1, 0.15) is 5.56 Å².